The van der Waals surface area contributed by atoms with Gasteiger partial charge in [-0.1, -0.05) is 48.5 Å². The molecule has 0 saturated carbocycles. The van der Waals surface area contributed by atoms with Crippen LogP contribution in [0, 0.1) is 17.7 Å². The summed E-state index contributed by atoms with van der Waals surface area (Å²) in [5.41, 5.74) is 1.26. The van der Waals surface area contributed by atoms with Gasteiger partial charge in [0.2, 0.25) is 5.91 Å². The zero-order valence-corrected chi connectivity index (χ0v) is 14.8. The number of nitrogens with zero attached hydrogens (tertiary/aromatic N) is 1. The summed E-state index contributed by atoms with van der Waals surface area (Å²) in [7, 11) is 0. The van der Waals surface area contributed by atoms with Crippen molar-refractivity contribution >= 4 is 11.6 Å². The Labute approximate surface area is 160 Å². The first-order valence-electron chi connectivity index (χ1n) is 7.43. The molecule has 0 spiro atoms. The van der Waals surface area contributed by atoms with Crippen LogP contribution in [0.5, 0.6) is 0 Å². The molecule has 3 rings (SSSR count). The van der Waals surface area contributed by atoms with E-state index in [4.69, 9.17) is 0 Å². The van der Waals surface area contributed by atoms with Crippen LogP contribution in [0.2, 0.25) is 0 Å². The Morgan fingerprint density at radius 2 is 1.48 bits per heavy atom. The normalized spacial score (nSPS) is 10.0. The maximum Gasteiger partial charge on any atom is 0.247 e. The van der Waals surface area contributed by atoms with E-state index in [1.807, 2.05) is 36.4 Å². The van der Waals surface area contributed by atoms with Crippen molar-refractivity contribution in [3.05, 3.63) is 102 Å². The quantitative estimate of drug-likeness (QED) is 0.485. The predicted octanol–water partition coefficient (Wildman–Crippen LogP) is 4.61. The molecule has 3 aromatic rings. The summed E-state index contributed by atoms with van der Waals surface area (Å²) in [6, 6.07) is 22.1. The zero-order chi connectivity index (χ0) is 16.9. The molecule has 0 saturated heterocycles. The molecule has 0 aromatic heterocycles. The second-order valence-corrected chi connectivity index (χ2v) is 5.25. The first-order chi connectivity index (χ1) is 11.6. The minimum atomic E-state index is -0.893. The molecular weight excluding hydrogens is 356 g/mol. The molecule has 1 amide bonds. The molecule has 0 fully saturated rings. The van der Waals surface area contributed by atoms with E-state index < -0.39 is 11.6 Å². The minimum Gasteiger partial charge on any atom is -0.355 e. The van der Waals surface area contributed by atoms with Gasteiger partial charge in [-0.2, -0.15) is 0 Å². The van der Waals surface area contributed by atoms with Crippen molar-refractivity contribution in [1.29, 1.82) is 0 Å². The van der Waals surface area contributed by atoms with Crippen LogP contribution in [-0.4, -0.2) is 5.91 Å². The molecule has 3 aromatic carbocycles. The number of hydrogen-bond donors (Lipinski definition) is 0. The number of carbonyl (C=O) groups excluding carboxylic acids is 1. The summed E-state index contributed by atoms with van der Waals surface area (Å²) in [4.78, 5) is 14.1. The zero-order valence-electron chi connectivity index (χ0n) is 13.2. The van der Waals surface area contributed by atoms with Crippen LogP contribution in [0.25, 0.3) is 0 Å². The number of anilines is 1. The molecular formula is C20H14F2NOTi-. The molecule has 2 nitrogen and oxygen atoms in total. The molecule has 0 bridgehead atoms. The van der Waals surface area contributed by atoms with E-state index >= 15 is 0 Å². The van der Waals surface area contributed by atoms with Gasteiger partial charge in [0.1, 0.15) is 0 Å². The van der Waals surface area contributed by atoms with Gasteiger partial charge in [0.25, 0.3) is 0 Å². The molecule has 0 heterocycles. The second-order valence-electron chi connectivity index (χ2n) is 5.25. The smallest absolute Gasteiger partial charge is 0.247 e. The first kappa shape index (κ1) is 19.0. The molecule has 5 heteroatoms. The Bertz CT molecular complexity index is 841. The Morgan fingerprint density at radius 3 is 2.08 bits per heavy atom. The van der Waals surface area contributed by atoms with Crippen LogP contribution in [0.3, 0.4) is 0 Å². The Hall–Kier alpha value is -2.30. The molecule has 0 aliphatic heterocycles. The topological polar surface area (TPSA) is 20.3 Å². The molecule has 0 atom stereocenters. The van der Waals surface area contributed by atoms with E-state index in [0.717, 1.165) is 11.6 Å². The fourth-order valence-corrected chi connectivity index (χ4v) is 2.41. The van der Waals surface area contributed by atoms with Gasteiger partial charge in [0, 0.05) is 45.5 Å². The van der Waals surface area contributed by atoms with Crippen LogP contribution in [-0.2, 0) is 28.3 Å². The van der Waals surface area contributed by atoms with E-state index in [2.05, 4.69) is 0 Å². The van der Waals surface area contributed by atoms with Gasteiger partial charge in [0.05, 0.1) is 0 Å². The number of benzene rings is 3. The first-order valence-corrected chi connectivity index (χ1v) is 7.43. The van der Waals surface area contributed by atoms with Crippen molar-refractivity contribution < 1.29 is 35.3 Å². The van der Waals surface area contributed by atoms with Crippen molar-refractivity contribution in [3.8, 4) is 0 Å². The van der Waals surface area contributed by atoms with Crippen molar-refractivity contribution in [2.45, 2.75) is 6.54 Å². The van der Waals surface area contributed by atoms with Crippen LogP contribution in [0.1, 0.15) is 15.9 Å². The van der Waals surface area contributed by atoms with Gasteiger partial charge in [-0.25, -0.2) is 8.78 Å². The Morgan fingerprint density at radius 1 is 0.880 bits per heavy atom. The fraction of sp³-hybridized carbons (Fsp3) is 0.0500. The summed E-state index contributed by atoms with van der Waals surface area (Å²) < 4.78 is 27.4. The average molecular weight is 370 g/mol. The van der Waals surface area contributed by atoms with Crippen LogP contribution >= 0.6 is 0 Å². The number of rotatable bonds is 4. The summed E-state index contributed by atoms with van der Waals surface area (Å²) in [5.74, 6) is -2.06. The Kier molecular flexibility index (Phi) is 6.62. The van der Waals surface area contributed by atoms with Gasteiger partial charge < -0.3 is 4.90 Å². The van der Waals surface area contributed by atoms with E-state index in [0.29, 0.717) is 5.56 Å². The number of halogens is 2. The second kappa shape index (κ2) is 8.70. The third-order valence-corrected chi connectivity index (χ3v) is 3.58. The average Bonchev–Trinajstić information content (AvgIpc) is 2.61. The maximum atomic E-state index is 14.2. The summed E-state index contributed by atoms with van der Waals surface area (Å²) in [6.45, 7) is 0.172. The molecule has 25 heavy (non-hydrogen) atoms. The van der Waals surface area contributed by atoms with Crippen molar-refractivity contribution in [1.82, 2.24) is 0 Å². The summed E-state index contributed by atoms with van der Waals surface area (Å²) in [6.07, 6.45) is 0. The molecule has 124 valence electrons. The number of carbonyl (C=O) groups is 1. The van der Waals surface area contributed by atoms with Gasteiger partial charge >= 0.3 is 0 Å². The van der Waals surface area contributed by atoms with Gasteiger partial charge in [-0.05, 0) is 23.4 Å². The van der Waals surface area contributed by atoms with Crippen molar-refractivity contribution in [3.63, 3.8) is 0 Å². The maximum absolute atomic E-state index is 14.2. The minimum absolute atomic E-state index is 0. The third-order valence-electron chi connectivity index (χ3n) is 3.58. The molecule has 0 aliphatic rings. The van der Waals surface area contributed by atoms with Crippen molar-refractivity contribution in [2.24, 2.45) is 0 Å². The molecule has 0 aliphatic carbocycles. The van der Waals surface area contributed by atoms with Gasteiger partial charge in [0.15, 0.2) is 0 Å². The van der Waals surface area contributed by atoms with Gasteiger partial charge in [-0.3, -0.25) is 4.79 Å². The van der Waals surface area contributed by atoms with Crippen LogP contribution < -0.4 is 4.90 Å². The molecule has 0 unspecified atom stereocenters. The Balaban J connectivity index is 0.00000225. The molecule has 0 N–H and O–H groups in total. The summed E-state index contributed by atoms with van der Waals surface area (Å²) in [5, 5.41) is 0. The number of hydrogen-bond acceptors (Lipinski definition) is 1. The largest absolute Gasteiger partial charge is 0.355 e. The predicted molar refractivity (Wildman–Crippen MR) is 88.6 cm³/mol. The van der Waals surface area contributed by atoms with E-state index in [1.54, 1.807) is 30.3 Å². The monoisotopic (exact) mass is 370 g/mol. The van der Waals surface area contributed by atoms with Crippen LogP contribution in [0.4, 0.5) is 14.5 Å². The van der Waals surface area contributed by atoms with Crippen LogP contribution in [0.15, 0.2) is 72.8 Å². The molecule has 0 radical (unpaired) electrons. The van der Waals surface area contributed by atoms with E-state index in [9.17, 15) is 13.6 Å². The van der Waals surface area contributed by atoms with E-state index in [-0.39, 0.29) is 39.9 Å². The number of amides is 1. The van der Waals surface area contributed by atoms with Gasteiger partial charge in [-0.15, -0.1) is 18.2 Å². The SMILES string of the molecule is O=C(c1ccccc1)N(Cc1ccccc1)c1ccc(F)[c-]c1F.[Ti]. The van der Waals surface area contributed by atoms with Crippen molar-refractivity contribution in [2.75, 3.05) is 4.90 Å². The third kappa shape index (κ3) is 4.62. The van der Waals surface area contributed by atoms with E-state index in [1.165, 1.54) is 11.0 Å². The summed E-state index contributed by atoms with van der Waals surface area (Å²) >= 11 is 0. The standard InChI is InChI=1S/C20H14F2NO.Ti/c21-17-11-12-19(18(22)13-17)23(14-15-7-3-1-4-8-15)20(24)16-9-5-2-6-10-16;/h1-12H,14H2;/q-1;. The fourth-order valence-electron chi connectivity index (χ4n) is 2.41.